The fourth-order valence-corrected chi connectivity index (χ4v) is 2.22. The Kier molecular flexibility index (Phi) is 6.06. The fourth-order valence-electron chi connectivity index (χ4n) is 2.22. The van der Waals surface area contributed by atoms with Crippen molar-refractivity contribution < 1.29 is 28.8 Å². The van der Waals surface area contributed by atoms with Gasteiger partial charge in [0.2, 0.25) is 0 Å². The lowest BCUT2D eigenvalue weighted by atomic mass is 10.2. The van der Waals surface area contributed by atoms with Crippen molar-refractivity contribution in [2.45, 2.75) is 26.2 Å². The standard InChI is InChI=1S/C17H19N4.HI/c1-2-3-14-17-18-20(15-10-6-4-7-11-15)21(19-17)16-12-8-5-9-13-16;/h4-13H,2-3,14H2,1H3;1H/q+1;/p-1. The largest absolute Gasteiger partial charge is 1.00 e. The van der Waals surface area contributed by atoms with E-state index < -0.39 is 0 Å². The number of aromatic nitrogens is 4. The highest BCUT2D eigenvalue weighted by Crippen LogP contribution is 2.06. The molecule has 0 saturated carbocycles. The van der Waals surface area contributed by atoms with Crippen LogP contribution in [0.4, 0.5) is 0 Å². The molecule has 0 N–H and O–H groups in total. The summed E-state index contributed by atoms with van der Waals surface area (Å²) in [6, 6.07) is 20.2. The zero-order chi connectivity index (χ0) is 14.5. The zero-order valence-corrected chi connectivity index (χ0v) is 14.7. The molecule has 22 heavy (non-hydrogen) atoms. The van der Waals surface area contributed by atoms with E-state index in [1.54, 1.807) is 0 Å². The van der Waals surface area contributed by atoms with Crippen LogP contribution < -0.4 is 28.8 Å². The zero-order valence-electron chi connectivity index (χ0n) is 12.6. The van der Waals surface area contributed by atoms with E-state index in [-0.39, 0.29) is 24.0 Å². The molecule has 3 rings (SSSR count). The molecule has 0 saturated heterocycles. The molecule has 0 bridgehead atoms. The van der Waals surface area contributed by atoms with Gasteiger partial charge in [0.15, 0.2) is 5.69 Å². The van der Waals surface area contributed by atoms with Crippen molar-refractivity contribution >= 4 is 0 Å². The topological polar surface area (TPSA) is 34.6 Å². The summed E-state index contributed by atoms with van der Waals surface area (Å²) in [7, 11) is 0. The fraction of sp³-hybridized carbons (Fsp3) is 0.235. The first-order valence-corrected chi connectivity index (χ1v) is 7.38. The summed E-state index contributed by atoms with van der Waals surface area (Å²) in [6.45, 7) is 2.18. The highest BCUT2D eigenvalue weighted by molar-refractivity contribution is 5.28. The molecule has 0 aliphatic heterocycles. The van der Waals surface area contributed by atoms with Gasteiger partial charge in [-0.2, -0.15) is 0 Å². The monoisotopic (exact) mass is 406 g/mol. The molecule has 0 radical (unpaired) electrons. The highest BCUT2D eigenvalue weighted by Gasteiger charge is 2.21. The van der Waals surface area contributed by atoms with Crippen LogP contribution in [0.25, 0.3) is 11.4 Å². The number of halogens is 1. The third-order valence-corrected chi connectivity index (χ3v) is 3.33. The minimum atomic E-state index is 0. The molecule has 5 heteroatoms. The second kappa shape index (κ2) is 8.03. The van der Waals surface area contributed by atoms with Crippen LogP contribution in [-0.4, -0.2) is 15.0 Å². The van der Waals surface area contributed by atoms with Gasteiger partial charge < -0.3 is 24.0 Å². The smallest absolute Gasteiger partial charge is 0.309 e. The molecule has 0 unspecified atom stereocenters. The van der Waals surface area contributed by atoms with Gasteiger partial charge in [-0.25, -0.2) is 0 Å². The van der Waals surface area contributed by atoms with Gasteiger partial charge in [0.25, 0.3) is 0 Å². The van der Waals surface area contributed by atoms with Crippen LogP contribution in [0.1, 0.15) is 25.6 Å². The Morgan fingerprint density at radius 2 is 1.59 bits per heavy atom. The van der Waals surface area contributed by atoms with Crippen molar-refractivity contribution in [3.63, 3.8) is 0 Å². The van der Waals surface area contributed by atoms with Crippen LogP contribution in [0, 0.1) is 0 Å². The minimum absolute atomic E-state index is 0. The lowest BCUT2D eigenvalue weighted by Crippen LogP contribution is -3.00. The summed E-state index contributed by atoms with van der Waals surface area (Å²) < 4.78 is 0. The van der Waals surface area contributed by atoms with Crippen LogP contribution >= 0.6 is 0 Å². The predicted molar refractivity (Wildman–Crippen MR) is 81.5 cm³/mol. The number of para-hydroxylation sites is 2. The van der Waals surface area contributed by atoms with E-state index >= 15 is 0 Å². The Balaban J connectivity index is 0.00000176. The summed E-state index contributed by atoms with van der Waals surface area (Å²) in [5, 5.41) is 9.33. The number of hydrogen-bond donors (Lipinski definition) is 0. The second-order valence-corrected chi connectivity index (χ2v) is 4.97. The van der Waals surface area contributed by atoms with Crippen LogP contribution in [0.3, 0.4) is 0 Å². The van der Waals surface area contributed by atoms with Gasteiger partial charge in [-0.1, -0.05) is 49.7 Å². The van der Waals surface area contributed by atoms with E-state index in [9.17, 15) is 0 Å². The molecule has 114 valence electrons. The van der Waals surface area contributed by atoms with Crippen LogP contribution in [0.15, 0.2) is 60.7 Å². The first kappa shape index (κ1) is 16.6. The number of unbranched alkanes of at least 4 members (excludes halogenated alkanes) is 1. The van der Waals surface area contributed by atoms with Crippen molar-refractivity contribution in [3.05, 3.63) is 66.5 Å². The summed E-state index contributed by atoms with van der Waals surface area (Å²) in [5.74, 6) is 0.879. The predicted octanol–water partition coefficient (Wildman–Crippen LogP) is -0.109. The molecular weight excluding hydrogens is 387 g/mol. The Morgan fingerprint density at radius 3 is 2.23 bits per heavy atom. The van der Waals surface area contributed by atoms with Gasteiger partial charge in [-0.15, -0.1) is 0 Å². The summed E-state index contributed by atoms with van der Waals surface area (Å²) in [6.07, 6.45) is 3.15. The maximum absolute atomic E-state index is 4.66. The number of hydrogen-bond acceptors (Lipinski definition) is 2. The van der Waals surface area contributed by atoms with E-state index in [0.717, 1.165) is 36.5 Å². The number of rotatable bonds is 5. The molecule has 1 aromatic heterocycles. The summed E-state index contributed by atoms with van der Waals surface area (Å²) in [4.78, 5) is 3.72. The molecule has 1 heterocycles. The third kappa shape index (κ3) is 3.71. The van der Waals surface area contributed by atoms with E-state index in [2.05, 4.69) is 17.1 Å². The number of nitrogens with zero attached hydrogens (tertiary/aromatic N) is 4. The Labute approximate surface area is 147 Å². The van der Waals surface area contributed by atoms with Gasteiger partial charge in [0, 0.05) is 11.2 Å². The Bertz CT molecular complexity index is 638. The van der Waals surface area contributed by atoms with Crippen molar-refractivity contribution in [2.24, 2.45) is 0 Å². The first-order valence-electron chi connectivity index (χ1n) is 7.38. The number of tetrazole rings is 1. The molecule has 0 fully saturated rings. The van der Waals surface area contributed by atoms with Crippen LogP contribution in [0.5, 0.6) is 0 Å². The van der Waals surface area contributed by atoms with Gasteiger partial charge in [0.1, 0.15) is 5.69 Å². The summed E-state index contributed by atoms with van der Waals surface area (Å²) >= 11 is 0. The first-order chi connectivity index (χ1) is 10.4. The molecule has 0 spiro atoms. The maximum atomic E-state index is 4.66. The number of benzene rings is 2. The van der Waals surface area contributed by atoms with Crippen molar-refractivity contribution in [1.82, 2.24) is 15.0 Å². The summed E-state index contributed by atoms with van der Waals surface area (Å²) in [5.41, 5.74) is 2.02. The molecule has 0 atom stereocenters. The van der Waals surface area contributed by atoms with Gasteiger partial charge in [0.05, 0.1) is 5.10 Å². The van der Waals surface area contributed by atoms with Gasteiger partial charge >= 0.3 is 5.82 Å². The molecule has 0 aliphatic rings. The molecule has 0 amide bonds. The average Bonchev–Trinajstić information content (AvgIpc) is 2.99. The molecular formula is C17H19IN4. The lowest BCUT2D eigenvalue weighted by Gasteiger charge is -1.98. The Hall–Kier alpha value is -1.76. The average molecular weight is 406 g/mol. The second-order valence-electron chi connectivity index (χ2n) is 4.97. The van der Waals surface area contributed by atoms with Gasteiger partial charge in [-0.05, 0) is 40.6 Å². The number of aryl methyl sites for hydroxylation is 1. The van der Waals surface area contributed by atoms with E-state index in [1.807, 2.05) is 70.3 Å². The quantitative estimate of drug-likeness (QED) is 0.438. The third-order valence-electron chi connectivity index (χ3n) is 3.33. The normalized spacial score (nSPS) is 10.2. The van der Waals surface area contributed by atoms with Crippen molar-refractivity contribution in [3.8, 4) is 11.4 Å². The minimum Gasteiger partial charge on any atom is -1.00 e. The van der Waals surface area contributed by atoms with E-state index in [0.29, 0.717) is 0 Å². The highest BCUT2D eigenvalue weighted by atomic mass is 127. The van der Waals surface area contributed by atoms with Gasteiger partial charge in [-0.3, -0.25) is 0 Å². The van der Waals surface area contributed by atoms with E-state index in [4.69, 9.17) is 0 Å². The lowest BCUT2D eigenvalue weighted by molar-refractivity contribution is -0.735. The molecule has 3 aromatic rings. The molecule has 0 aliphatic carbocycles. The van der Waals surface area contributed by atoms with E-state index in [1.165, 1.54) is 0 Å². The molecule has 4 nitrogen and oxygen atoms in total. The Morgan fingerprint density at radius 1 is 0.955 bits per heavy atom. The van der Waals surface area contributed by atoms with Crippen LogP contribution in [-0.2, 0) is 6.42 Å². The van der Waals surface area contributed by atoms with Crippen molar-refractivity contribution in [2.75, 3.05) is 0 Å². The maximum Gasteiger partial charge on any atom is 0.309 e. The van der Waals surface area contributed by atoms with Crippen LogP contribution in [0.2, 0.25) is 0 Å². The SMILES string of the molecule is CCCCc1nn(-c2ccccc2)[n+](-c2ccccc2)n1.[I-]. The molecule has 2 aromatic carbocycles. The van der Waals surface area contributed by atoms with Crippen molar-refractivity contribution in [1.29, 1.82) is 0 Å².